The van der Waals surface area contributed by atoms with Gasteiger partial charge in [0.1, 0.15) is 11.6 Å². The molecule has 5 heteroatoms. The van der Waals surface area contributed by atoms with Gasteiger partial charge in [0.2, 0.25) is 11.8 Å². The van der Waals surface area contributed by atoms with E-state index >= 15 is 0 Å². The Morgan fingerprint density at radius 1 is 1.29 bits per heavy atom. The van der Waals surface area contributed by atoms with Crippen LogP contribution in [-0.4, -0.2) is 47.6 Å². The molecule has 0 aromatic carbocycles. The van der Waals surface area contributed by atoms with Crippen LogP contribution in [0.3, 0.4) is 0 Å². The monoisotopic (exact) mass is 298 g/mol. The maximum Gasteiger partial charge on any atom is 0.249 e. The first-order chi connectivity index (χ1) is 9.64. The zero-order valence-corrected chi connectivity index (χ0v) is 14.4. The SMILES string of the molecule is CCC1(CC)NC(=O)C(C(C)C)N(CC(C)(C)OC)C1=O. The number of rotatable bonds is 6. The van der Waals surface area contributed by atoms with E-state index in [0.717, 1.165) is 0 Å². The summed E-state index contributed by atoms with van der Waals surface area (Å²) in [5.41, 5.74) is -1.25. The van der Waals surface area contributed by atoms with Gasteiger partial charge >= 0.3 is 0 Å². The molecule has 122 valence electrons. The summed E-state index contributed by atoms with van der Waals surface area (Å²) < 4.78 is 5.46. The minimum Gasteiger partial charge on any atom is -0.377 e. The average Bonchev–Trinajstić information content (AvgIpc) is 2.42. The zero-order chi connectivity index (χ0) is 16.4. The largest absolute Gasteiger partial charge is 0.377 e. The zero-order valence-electron chi connectivity index (χ0n) is 14.4. The van der Waals surface area contributed by atoms with Crippen molar-refractivity contribution in [3.63, 3.8) is 0 Å². The molecule has 1 unspecified atom stereocenters. The van der Waals surface area contributed by atoms with E-state index in [1.807, 2.05) is 41.5 Å². The molecule has 0 aromatic heterocycles. The Morgan fingerprint density at radius 3 is 2.19 bits per heavy atom. The molecule has 1 fully saturated rings. The highest BCUT2D eigenvalue weighted by Crippen LogP contribution is 2.29. The van der Waals surface area contributed by atoms with Gasteiger partial charge in [0.05, 0.1) is 12.1 Å². The predicted molar refractivity (Wildman–Crippen MR) is 82.9 cm³/mol. The third kappa shape index (κ3) is 3.39. The number of ether oxygens (including phenoxy) is 1. The molecule has 0 aromatic rings. The summed E-state index contributed by atoms with van der Waals surface area (Å²) in [5.74, 6) is 0.0180. The van der Waals surface area contributed by atoms with Crippen molar-refractivity contribution in [2.24, 2.45) is 5.92 Å². The highest BCUT2D eigenvalue weighted by Gasteiger charge is 2.50. The molecule has 0 aliphatic carbocycles. The van der Waals surface area contributed by atoms with E-state index < -0.39 is 17.2 Å². The number of nitrogens with zero attached hydrogens (tertiary/aromatic N) is 1. The second-order valence-corrected chi connectivity index (χ2v) is 6.86. The fourth-order valence-corrected chi connectivity index (χ4v) is 2.94. The highest BCUT2D eigenvalue weighted by atomic mass is 16.5. The van der Waals surface area contributed by atoms with E-state index in [0.29, 0.717) is 19.4 Å². The molecule has 21 heavy (non-hydrogen) atoms. The molecule has 2 amide bonds. The van der Waals surface area contributed by atoms with Crippen LogP contribution in [0.25, 0.3) is 0 Å². The first kappa shape index (κ1) is 18.0. The van der Waals surface area contributed by atoms with Gasteiger partial charge in [-0.3, -0.25) is 9.59 Å². The Hall–Kier alpha value is -1.10. The van der Waals surface area contributed by atoms with Crippen molar-refractivity contribution < 1.29 is 14.3 Å². The van der Waals surface area contributed by atoms with Crippen molar-refractivity contribution in [2.45, 2.75) is 71.6 Å². The fourth-order valence-electron chi connectivity index (χ4n) is 2.94. The van der Waals surface area contributed by atoms with Gasteiger partial charge in [0, 0.05) is 7.11 Å². The third-order valence-corrected chi connectivity index (χ3v) is 4.58. The Kier molecular flexibility index (Phi) is 5.42. The van der Waals surface area contributed by atoms with Crippen LogP contribution in [0.1, 0.15) is 54.4 Å². The molecule has 1 saturated heterocycles. The van der Waals surface area contributed by atoms with Crippen molar-refractivity contribution in [3.8, 4) is 0 Å². The number of nitrogens with one attached hydrogen (secondary N) is 1. The molecular weight excluding hydrogens is 268 g/mol. The van der Waals surface area contributed by atoms with E-state index in [-0.39, 0.29) is 17.7 Å². The van der Waals surface area contributed by atoms with Crippen LogP contribution in [0.15, 0.2) is 0 Å². The molecule has 0 saturated carbocycles. The fraction of sp³-hybridized carbons (Fsp3) is 0.875. The Balaban J connectivity index is 3.21. The Morgan fingerprint density at radius 2 is 1.81 bits per heavy atom. The molecule has 1 atom stereocenters. The summed E-state index contributed by atoms with van der Waals surface area (Å²) in [5, 5.41) is 2.97. The lowest BCUT2D eigenvalue weighted by molar-refractivity contribution is -0.161. The van der Waals surface area contributed by atoms with Crippen molar-refractivity contribution in [2.75, 3.05) is 13.7 Å². The second kappa shape index (κ2) is 6.34. The lowest BCUT2D eigenvalue weighted by atomic mass is 9.84. The average molecular weight is 298 g/mol. The van der Waals surface area contributed by atoms with Crippen LogP contribution < -0.4 is 5.32 Å². The first-order valence-electron chi connectivity index (χ1n) is 7.82. The minimum atomic E-state index is -0.772. The van der Waals surface area contributed by atoms with Crippen LogP contribution in [0.2, 0.25) is 0 Å². The van der Waals surface area contributed by atoms with Gasteiger partial charge < -0.3 is 15.0 Å². The first-order valence-corrected chi connectivity index (χ1v) is 7.82. The lowest BCUT2D eigenvalue weighted by Gasteiger charge is -2.48. The molecule has 1 aliphatic rings. The van der Waals surface area contributed by atoms with Gasteiger partial charge in [-0.25, -0.2) is 0 Å². The molecule has 1 N–H and O–H groups in total. The number of amides is 2. The van der Waals surface area contributed by atoms with Crippen molar-refractivity contribution in [1.82, 2.24) is 10.2 Å². The van der Waals surface area contributed by atoms with Crippen LogP contribution in [0.4, 0.5) is 0 Å². The highest BCUT2D eigenvalue weighted by molar-refractivity contribution is 6.00. The molecule has 1 aliphatic heterocycles. The van der Waals surface area contributed by atoms with Gasteiger partial charge in [-0.15, -0.1) is 0 Å². The van der Waals surface area contributed by atoms with E-state index in [1.54, 1.807) is 12.0 Å². The maximum absolute atomic E-state index is 13.0. The summed E-state index contributed by atoms with van der Waals surface area (Å²) in [6.45, 7) is 12.1. The predicted octanol–water partition coefficient (Wildman–Crippen LogP) is 1.95. The number of carbonyl (C=O) groups excluding carboxylic acids is 2. The normalized spacial score (nSPS) is 22.7. The Labute approximate surface area is 128 Å². The molecule has 1 heterocycles. The summed E-state index contributed by atoms with van der Waals surface area (Å²) in [7, 11) is 1.63. The number of hydrogen-bond acceptors (Lipinski definition) is 3. The molecular formula is C16H30N2O3. The Bertz CT molecular complexity index is 400. The van der Waals surface area contributed by atoms with Gasteiger partial charge in [0.15, 0.2) is 0 Å². The number of carbonyl (C=O) groups is 2. The molecule has 0 bridgehead atoms. The van der Waals surface area contributed by atoms with Gasteiger partial charge in [-0.05, 0) is 32.6 Å². The van der Waals surface area contributed by atoms with Gasteiger partial charge in [0.25, 0.3) is 0 Å². The summed E-state index contributed by atoms with van der Waals surface area (Å²) in [4.78, 5) is 27.3. The maximum atomic E-state index is 13.0. The number of piperazine rings is 1. The second-order valence-electron chi connectivity index (χ2n) is 6.86. The topological polar surface area (TPSA) is 58.6 Å². The van der Waals surface area contributed by atoms with Gasteiger partial charge in [-0.1, -0.05) is 27.7 Å². The standard InChI is InChI=1S/C16H30N2O3/c1-8-16(9-2)14(20)18(10-15(5,6)21-7)12(11(3)4)13(19)17-16/h11-12H,8-10H2,1-7H3,(H,17,19). The van der Waals surface area contributed by atoms with Crippen molar-refractivity contribution >= 4 is 11.8 Å². The van der Waals surface area contributed by atoms with Crippen LogP contribution in [0, 0.1) is 5.92 Å². The molecule has 0 spiro atoms. The smallest absolute Gasteiger partial charge is 0.249 e. The molecule has 1 rings (SSSR count). The van der Waals surface area contributed by atoms with E-state index in [9.17, 15) is 9.59 Å². The van der Waals surface area contributed by atoms with Crippen LogP contribution >= 0.6 is 0 Å². The van der Waals surface area contributed by atoms with Crippen molar-refractivity contribution in [1.29, 1.82) is 0 Å². The molecule has 5 nitrogen and oxygen atoms in total. The molecule has 0 radical (unpaired) electrons. The number of methoxy groups -OCH3 is 1. The lowest BCUT2D eigenvalue weighted by Crippen LogP contribution is -2.72. The van der Waals surface area contributed by atoms with E-state index in [1.165, 1.54) is 0 Å². The summed E-state index contributed by atoms with van der Waals surface area (Å²) in [6.07, 6.45) is 1.20. The van der Waals surface area contributed by atoms with Crippen LogP contribution in [0.5, 0.6) is 0 Å². The van der Waals surface area contributed by atoms with Crippen LogP contribution in [-0.2, 0) is 14.3 Å². The summed E-state index contributed by atoms with van der Waals surface area (Å²) >= 11 is 0. The van der Waals surface area contributed by atoms with Crippen molar-refractivity contribution in [3.05, 3.63) is 0 Å². The number of hydrogen-bond donors (Lipinski definition) is 1. The van der Waals surface area contributed by atoms with E-state index in [2.05, 4.69) is 5.32 Å². The summed E-state index contributed by atoms with van der Waals surface area (Å²) in [6, 6.07) is -0.432. The minimum absolute atomic E-state index is 0.0101. The van der Waals surface area contributed by atoms with Gasteiger partial charge in [-0.2, -0.15) is 0 Å². The van der Waals surface area contributed by atoms with E-state index in [4.69, 9.17) is 4.74 Å². The third-order valence-electron chi connectivity index (χ3n) is 4.58. The quantitative estimate of drug-likeness (QED) is 0.815.